The number of ether oxygens (including phenoxy) is 1. The summed E-state index contributed by atoms with van der Waals surface area (Å²) in [5, 5.41) is 0. The molecular formula is C21H20FNO2S. The van der Waals surface area contributed by atoms with Crippen LogP contribution >= 0.6 is 0 Å². The zero-order valence-electron chi connectivity index (χ0n) is 14.7. The first kappa shape index (κ1) is 18.3. The number of halogens is 1. The Bertz CT molecular complexity index is 929. The van der Waals surface area contributed by atoms with Crippen LogP contribution in [0.3, 0.4) is 0 Å². The number of benzene rings is 2. The SMILES string of the molecule is Cc1cc(C)c(CS(=O)c2ccccc2F)c(OCc2ccccc2)n1. The number of rotatable bonds is 6. The number of hydrogen-bond acceptors (Lipinski definition) is 3. The fourth-order valence-electron chi connectivity index (χ4n) is 2.69. The molecule has 0 spiro atoms. The van der Waals surface area contributed by atoms with Gasteiger partial charge >= 0.3 is 0 Å². The van der Waals surface area contributed by atoms with Gasteiger partial charge in [0, 0.05) is 11.3 Å². The van der Waals surface area contributed by atoms with Gasteiger partial charge < -0.3 is 4.74 Å². The molecule has 0 saturated carbocycles. The summed E-state index contributed by atoms with van der Waals surface area (Å²) in [5.41, 5.74) is 3.53. The molecular weight excluding hydrogens is 349 g/mol. The lowest BCUT2D eigenvalue weighted by molar-refractivity contribution is 0.290. The zero-order chi connectivity index (χ0) is 18.5. The lowest BCUT2D eigenvalue weighted by atomic mass is 10.1. The van der Waals surface area contributed by atoms with E-state index in [1.165, 1.54) is 6.07 Å². The molecule has 1 unspecified atom stereocenters. The molecule has 5 heteroatoms. The van der Waals surface area contributed by atoms with E-state index >= 15 is 0 Å². The molecule has 3 rings (SSSR count). The monoisotopic (exact) mass is 369 g/mol. The van der Waals surface area contributed by atoms with E-state index in [1.807, 2.05) is 50.2 Å². The van der Waals surface area contributed by atoms with Crippen molar-refractivity contribution >= 4 is 10.8 Å². The molecule has 1 heterocycles. The van der Waals surface area contributed by atoms with Crippen LogP contribution in [0.4, 0.5) is 4.39 Å². The van der Waals surface area contributed by atoms with Gasteiger partial charge in [-0.25, -0.2) is 9.37 Å². The molecule has 1 atom stereocenters. The summed E-state index contributed by atoms with van der Waals surface area (Å²) >= 11 is 0. The van der Waals surface area contributed by atoms with Crippen LogP contribution in [-0.2, 0) is 23.2 Å². The van der Waals surface area contributed by atoms with Gasteiger partial charge in [0.2, 0.25) is 5.88 Å². The first-order valence-corrected chi connectivity index (χ1v) is 9.63. The van der Waals surface area contributed by atoms with Gasteiger partial charge in [0.15, 0.2) is 0 Å². The van der Waals surface area contributed by atoms with Crippen molar-refractivity contribution in [1.29, 1.82) is 0 Å². The van der Waals surface area contributed by atoms with E-state index in [4.69, 9.17) is 4.74 Å². The maximum absolute atomic E-state index is 13.9. The molecule has 0 amide bonds. The van der Waals surface area contributed by atoms with Gasteiger partial charge in [0.05, 0.1) is 21.4 Å². The van der Waals surface area contributed by atoms with Crippen molar-refractivity contribution in [2.24, 2.45) is 0 Å². The number of aryl methyl sites for hydroxylation is 2. The van der Waals surface area contributed by atoms with Gasteiger partial charge in [-0.1, -0.05) is 42.5 Å². The first-order valence-electron chi connectivity index (χ1n) is 8.31. The highest BCUT2D eigenvalue weighted by molar-refractivity contribution is 7.84. The summed E-state index contributed by atoms with van der Waals surface area (Å²) in [6.07, 6.45) is 0. The molecule has 0 aliphatic heterocycles. The Hall–Kier alpha value is -2.53. The first-order chi connectivity index (χ1) is 12.5. The minimum absolute atomic E-state index is 0.157. The van der Waals surface area contributed by atoms with Crippen molar-refractivity contribution in [3.8, 4) is 5.88 Å². The molecule has 134 valence electrons. The van der Waals surface area contributed by atoms with Crippen LogP contribution < -0.4 is 4.74 Å². The molecule has 0 aliphatic rings. The standard InChI is InChI=1S/C21H20FNO2S/c1-15-12-16(2)23-21(25-13-17-8-4-3-5-9-17)18(15)14-26(24)20-11-7-6-10-19(20)22/h3-12H,13-14H2,1-2H3. The van der Waals surface area contributed by atoms with E-state index in [2.05, 4.69) is 4.98 Å². The zero-order valence-corrected chi connectivity index (χ0v) is 15.6. The molecule has 0 bridgehead atoms. The van der Waals surface area contributed by atoms with E-state index in [0.29, 0.717) is 12.5 Å². The summed E-state index contributed by atoms with van der Waals surface area (Å²) in [6, 6.07) is 17.8. The predicted octanol–water partition coefficient (Wildman–Crippen LogP) is 4.72. The lowest BCUT2D eigenvalue weighted by Crippen LogP contribution is -2.07. The second-order valence-corrected chi connectivity index (χ2v) is 7.48. The van der Waals surface area contributed by atoms with Gasteiger partial charge in [0.25, 0.3) is 0 Å². The van der Waals surface area contributed by atoms with Crippen LogP contribution in [-0.4, -0.2) is 9.19 Å². The van der Waals surface area contributed by atoms with Crippen LogP contribution in [0, 0.1) is 19.7 Å². The third kappa shape index (κ3) is 4.35. The Morgan fingerprint density at radius 3 is 2.46 bits per heavy atom. The number of hydrogen-bond donors (Lipinski definition) is 0. The molecule has 1 aromatic heterocycles. The number of aromatic nitrogens is 1. The van der Waals surface area contributed by atoms with E-state index in [0.717, 1.165) is 22.4 Å². The van der Waals surface area contributed by atoms with E-state index in [1.54, 1.807) is 18.2 Å². The quantitative estimate of drug-likeness (QED) is 0.631. The maximum atomic E-state index is 13.9. The van der Waals surface area contributed by atoms with Crippen molar-refractivity contribution in [3.05, 3.63) is 88.9 Å². The molecule has 0 radical (unpaired) electrons. The summed E-state index contributed by atoms with van der Waals surface area (Å²) in [4.78, 5) is 4.66. The Labute approximate surface area is 155 Å². The Kier molecular flexibility index (Phi) is 5.78. The van der Waals surface area contributed by atoms with Crippen LogP contribution in [0.25, 0.3) is 0 Å². The summed E-state index contributed by atoms with van der Waals surface area (Å²) in [6.45, 7) is 4.19. The van der Waals surface area contributed by atoms with Crippen molar-refractivity contribution in [2.45, 2.75) is 31.1 Å². The molecule has 0 saturated heterocycles. The summed E-state index contributed by atoms with van der Waals surface area (Å²) in [5.74, 6) is 0.149. The smallest absolute Gasteiger partial charge is 0.218 e. The molecule has 0 aliphatic carbocycles. The van der Waals surface area contributed by atoms with Gasteiger partial charge in [0.1, 0.15) is 12.4 Å². The third-order valence-electron chi connectivity index (χ3n) is 4.01. The normalized spacial score (nSPS) is 12.0. The van der Waals surface area contributed by atoms with Crippen molar-refractivity contribution in [1.82, 2.24) is 4.98 Å². The average molecular weight is 369 g/mol. The van der Waals surface area contributed by atoms with Crippen molar-refractivity contribution in [2.75, 3.05) is 0 Å². The van der Waals surface area contributed by atoms with E-state index in [-0.39, 0.29) is 10.6 Å². The Balaban J connectivity index is 1.86. The van der Waals surface area contributed by atoms with Crippen molar-refractivity contribution < 1.29 is 13.3 Å². The maximum Gasteiger partial charge on any atom is 0.218 e. The topological polar surface area (TPSA) is 39.2 Å². The Morgan fingerprint density at radius 1 is 1.04 bits per heavy atom. The highest BCUT2D eigenvalue weighted by atomic mass is 32.2. The molecule has 26 heavy (non-hydrogen) atoms. The van der Waals surface area contributed by atoms with E-state index in [9.17, 15) is 8.60 Å². The second-order valence-electron chi connectivity index (χ2n) is 6.06. The molecule has 3 aromatic rings. The number of pyridine rings is 1. The van der Waals surface area contributed by atoms with Gasteiger partial charge in [-0.3, -0.25) is 4.21 Å². The van der Waals surface area contributed by atoms with Crippen LogP contribution in [0.15, 0.2) is 65.6 Å². The fraction of sp³-hybridized carbons (Fsp3) is 0.190. The Morgan fingerprint density at radius 2 is 1.73 bits per heavy atom. The van der Waals surface area contributed by atoms with Gasteiger partial charge in [-0.05, 0) is 43.2 Å². The minimum atomic E-state index is -1.52. The van der Waals surface area contributed by atoms with Gasteiger partial charge in [-0.2, -0.15) is 0 Å². The van der Waals surface area contributed by atoms with Crippen LogP contribution in [0.5, 0.6) is 5.88 Å². The highest BCUT2D eigenvalue weighted by Gasteiger charge is 2.17. The third-order valence-corrected chi connectivity index (χ3v) is 5.39. The largest absolute Gasteiger partial charge is 0.473 e. The lowest BCUT2D eigenvalue weighted by Gasteiger charge is -2.14. The van der Waals surface area contributed by atoms with Crippen LogP contribution in [0.2, 0.25) is 0 Å². The highest BCUT2D eigenvalue weighted by Crippen LogP contribution is 2.26. The number of nitrogens with zero attached hydrogens (tertiary/aromatic N) is 1. The molecule has 2 aromatic carbocycles. The molecule has 3 nitrogen and oxygen atoms in total. The van der Waals surface area contributed by atoms with Crippen molar-refractivity contribution in [3.63, 3.8) is 0 Å². The molecule has 0 N–H and O–H groups in total. The average Bonchev–Trinajstić information content (AvgIpc) is 2.63. The van der Waals surface area contributed by atoms with Gasteiger partial charge in [-0.15, -0.1) is 0 Å². The summed E-state index contributed by atoms with van der Waals surface area (Å²) < 4.78 is 32.5. The van der Waals surface area contributed by atoms with E-state index < -0.39 is 16.6 Å². The summed E-state index contributed by atoms with van der Waals surface area (Å²) in [7, 11) is -1.52. The fourth-order valence-corrected chi connectivity index (χ4v) is 3.97. The molecule has 0 fully saturated rings. The van der Waals surface area contributed by atoms with Crippen LogP contribution in [0.1, 0.15) is 22.4 Å². The second kappa shape index (κ2) is 8.23. The predicted molar refractivity (Wildman–Crippen MR) is 101 cm³/mol. The minimum Gasteiger partial charge on any atom is -0.473 e.